The Bertz CT molecular complexity index is 933. The van der Waals surface area contributed by atoms with Crippen LogP contribution in [0.2, 0.25) is 0 Å². The topological polar surface area (TPSA) is 109 Å². The summed E-state index contributed by atoms with van der Waals surface area (Å²) in [4.78, 5) is 14.6. The smallest absolute Gasteiger partial charge is 0.131 e. The molecule has 2 aliphatic rings. The van der Waals surface area contributed by atoms with Gasteiger partial charge < -0.3 is 21.0 Å². The van der Waals surface area contributed by atoms with Crippen molar-refractivity contribution >= 4 is 11.5 Å². The fraction of sp³-hybridized carbons (Fsp3) is 0.500. The van der Waals surface area contributed by atoms with Crippen LogP contribution in [0.5, 0.6) is 5.75 Å². The summed E-state index contributed by atoms with van der Waals surface area (Å²) in [6.45, 7) is 4.75. The Morgan fingerprint density at radius 3 is 2.62 bits per heavy atom. The number of hydrogen-bond donors (Lipinski definition) is 2. The Morgan fingerprint density at radius 2 is 1.90 bits per heavy atom. The van der Waals surface area contributed by atoms with Gasteiger partial charge >= 0.3 is 0 Å². The minimum absolute atomic E-state index is 0.327. The van der Waals surface area contributed by atoms with E-state index in [0.29, 0.717) is 24.4 Å². The molecule has 0 amide bonds. The minimum atomic E-state index is -0.505. The Morgan fingerprint density at radius 1 is 1.14 bits per heavy atom. The highest BCUT2D eigenvalue weighted by molar-refractivity contribution is 6.15. The molecule has 7 nitrogen and oxygen atoms in total. The Labute approximate surface area is 171 Å². The fourth-order valence-corrected chi connectivity index (χ4v) is 4.45. The van der Waals surface area contributed by atoms with Crippen LogP contribution in [0.4, 0.5) is 5.82 Å². The van der Waals surface area contributed by atoms with Crippen LogP contribution >= 0.6 is 0 Å². The molecule has 1 saturated carbocycles. The molecule has 154 valence electrons. The van der Waals surface area contributed by atoms with E-state index in [1.54, 1.807) is 7.11 Å². The lowest BCUT2D eigenvalue weighted by atomic mass is 9.70. The molecule has 0 unspecified atom stereocenters. The highest BCUT2D eigenvalue weighted by Gasteiger charge is 2.41. The summed E-state index contributed by atoms with van der Waals surface area (Å²) in [6.07, 6.45) is 5.78. The quantitative estimate of drug-likeness (QED) is 0.769. The molecule has 1 aromatic carbocycles. The molecule has 2 aromatic rings. The number of nitrogens with zero attached hydrogens (tertiary/aromatic N) is 3. The minimum Gasteiger partial charge on any atom is -0.497 e. The third-order valence-electron chi connectivity index (χ3n) is 6.19. The molecule has 0 atom stereocenters. The number of fused-ring (bicyclic) bond motifs is 3. The number of nitrogens with two attached hydrogens (primary N) is 2. The number of benzene rings is 1. The van der Waals surface area contributed by atoms with E-state index in [-0.39, 0.29) is 0 Å². The predicted octanol–water partition coefficient (Wildman–Crippen LogP) is 3.26. The van der Waals surface area contributed by atoms with Crippen LogP contribution in [-0.4, -0.2) is 35.4 Å². The van der Waals surface area contributed by atoms with Crippen molar-refractivity contribution in [2.45, 2.75) is 51.0 Å². The van der Waals surface area contributed by atoms with Gasteiger partial charge in [0.2, 0.25) is 0 Å². The number of aromatic nitrogens is 2. The maximum Gasteiger partial charge on any atom is 0.131 e. The molecule has 7 heteroatoms. The van der Waals surface area contributed by atoms with Crippen LogP contribution in [0.1, 0.15) is 50.7 Å². The average molecular weight is 396 g/mol. The van der Waals surface area contributed by atoms with E-state index >= 15 is 0 Å². The first kappa shape index (κ1) is 19.6. The van der Waals surface area contributed by atoms with Crippen molar-refractivity contribution in [3.05, 3.63) is 35.7 Å². The van der Waals surface area contributed by atoms with Crippen LogP contribution < -0.4 is 16.2 Å². The Balaban J connectivity index is 1.72. The summed E-state index contributed by atoms with van der Waals surface area (Å²) >= 11 is 0. The van der Waals surface area contributed by atoms with E-state index in [4.69, 9.17) is 21.0 Å². The number of hydrogen-bond acceptors (Lipinski definition) is 7. The summed E-state index contributed by atoms with van der Waals surface area (Å²) in [5.41, 5.74) is 16.2. The van der Waals surface area contributed by atoms with Gasteiger partial charge in [-0.15, -0.1) is 0 Å². The Hall–Kier alpha value is -2.67. The van der Waals surface area contributed by atoms with Crippen molar-refractivity contribution < 1.29 is 9.57 Å². The second-order valence-electron chi connectivity index (χ2n) is 8.54. The van der Waals surface area contributed by atoms with E-state index < -0.39 is 5.41 Å². The maximum atomic E-state index is 6.27. The summed E-state index contributed by atoms with van der Waals surface area (Å²) in [7, 11) is 1.66. The maximum absolute atomic E-state index is 6.27. The van der Waals surface area contributed by atoms with E-state index in [1.165, 1.54) is 6.33 Å². The first-order chi connectivity index (χ1) is 13.9. The molecule has 0 radical (unpaired) electrons. The number of nitrogen functional groups attached to an aromatic ring is 1. The highest BCUT2D eigenvalue weighted by atomic mass is 16.6. The molecule has 4 N–H and O–H groups in total. The van der Waals surface area contributed by atoms with Crippen LogP contribution in [-0.2, 0) is 10.3 Å². The van der Waals surface area contributed by atoms with Gasteiger partial charge in [-0.1, -0.05) is 5.16 Å². The number of rotatable bonds is 4. The van der Waals surface area contributed by atoms with Crippen molar-refractivity contribution in [1.29, 1.82) is 0 Å². The van der Waals surface area contributed by atoms with E-state index in [0.717, 1.165) is 59.5 Å². The Kier molecular flexibility index (Phi) is 5.17. The monoisotopic (exact) mass is 395 g/mol. The molecule has 1 aromatic heterocycles. The van der Waals surface area contributed by atoms with Crippen molar-refractivity contribution in [1.82, 2.24) is 9.97 Å². The molecule has 0 aliphatic heterocycles. The van der Waals surface area contributed by atoms with Crippen molar-refractivity contribution in [3.63, 3.8) is 0 Å². The average Bonchev–Trinajstić information content (AvgIpc) is 2.71. The van der Waals surface area contributed by atoms with Gasteiger partial charge in [0.25, 0.3) is 0 Å². The number of methoxy groups -OCH3 is 1. The zero-order chi connectivity index (χ0) is 20.6. The third-order valence-corrected chi connectivity index (χ3v) is 6.19. The zero-order valence-corrected chi connectivity index (χ0v) is 17.3. The lowest BCUT2D eigenvalue weighted by molar-refractivity contribution is 0.0880. The van der Waals surface area contributed by atoms with Gasteiger partial charge in [0, 0.05) is 28.1 Å². The summed E-state index contributed by atoms with van der Waals surface area (Å²) in [6, 6.07) is 6.23. The highest BCUT2D eigenvalue weighted by Crippen LogP contribution is 2.45. The number of ether oxygens (including phenoxy) is 1. The first-order valence-corrected chi connectivity index (χ1v) is 10.2. The second kappa shape index (κ2) is 7.63. The van der Waals surface area contributed by atoms with Crippen molar-refractivity contribution in [2.75, 3.05) is 19.5 Å². The lowest BCUT2D eigenvalue weighted by Crippen LogP contribution is -2.36. The lowest BCUT2D eigenvalue weighted by Gasteiger charge is -2.35. The summed E-state index contributed by atoms with van der Waals surface area (Å²) in [5, 5.41) is 4.62. The van der Waals surface area contributed by atoms with Gasteiger partial charge in [-0.3, -0.25) is 0 Å². The second-order valence-corrected chi connectivity index (χ2v) is 8.54. The molecular formula is C22H29N5O2. The molecule has 0 bridgehead atoms. The summed E-state index contributed by atoms with van der Waals surface area (Å²) < 4.78 is 5.45. The first-order valence-electron chi connectivity index (χ1n) is 10.2. The molecule has 29 heavy (non-hydrogen) atoms. The van der Waals surface area contributed by atoms with Crippen molar-refractivity contribution in [2.24, 2.45) is 16.8 Å². The largest absolute Gasteiger partial charge is 0.497 e. The van der Waals surface area contributed by atoms with Gasteiger partial charge in [-0.05, 0) is 63.6 Å². The zero-order valence-electron chi connectivity index (χ0n) is 17.3. The molecular weight excluding hydrogens is 366 g/mol. The van der Waals surface area contributed by atoms with Crippen LogP contribution in [0, 0.1) is 5.92 Å². The van der Waals surface area contributed by atoms with E-state index in [2.05, 4.69) is 29.0 Å². The fourth-order valence-electron chi connectivity index (χ4n) is 4.45. The van der Waals surface area contributed by atoms with Crippen molar-refractivity contribution in [3.8, 4) is 17.0 Å². The molecule has 0 saturated heterocycles. The number of oxime groups is 1. The van der Waals surface area contributed by atoms with Crippen LogP contribution in [0.15, 0.2) is 29.7 Å². The molecule has 2 aliphatic carbocycles. The standard InChI is InChI=1S/C22H29N5O2/c1-22(2)18-19(25-12-26-21(18)24)16-9-8-15(28-3)10-17(16)20(22)27-29-11-13-4-6-14(23)7-5-13/h8-10,12-14H,4-7,11,23H2,1-3H3,(H2,24,25,26)/b27-20+. The third kappa shape index (κ3) is 3.55. The van der Waals surface area contributed by atoms with Crippen LogP contribution in [0.25, 0.3) is 11.3 Å². The number of anilines is 1. The van der Waals surface area contributed by atoms with Crippen LogP contribution in [0.3, 0.4) is 0 Å². The molecule has 0 spiro atoms. The molecule has 4 rings (SSSR count). The SMILES string of the molecule is COc1ccc2c(c1)/C(=N\OCC1CCC(N)CC1)C(C)(C)c1c(N)ncnc1-2. The van der Waals surface area contributed by atoms with Gasteiger partial charge in [0.1, 0.15) is 24.5 Å². The normalized spacial score (nSPS) is 23.9. The van der Waals surface area contributed by atoms with E-state index in [1.807, 2.05) is 18.2 Å². The molecule has 1 heterocycles. The van der Waals surface area contributed by atoms with Gasteiger partial charge in [-0.25, -0.2) is 9.97 Å². The van der Waals surface area contributed by atoms with Gasteiger partial charge in [0.15, 0.2) is 0 Å². The molecule has 1 fully saturated rings. The van der Waals surface area contributed by atoms with E-state index in [9.17, 15) is 0 Å². The summed E-state index contributed by atoms with van der Waals surface area (Å²) in [5.74, 6) is 1.73. The van der Waals surface area contributed by atoms with Gasteiger partial charge in [0.05, 0.1) is 18.5 Å². The predicted molar refractivity (Wildman–Crippen MR) is 114 cm³/mol. The van der Waals surface area contributed by atoms with Gasteiger partial charge in [-0.2, -0.15) is 0 Å².